The molecule has 0 aliphatic rings. The Morgan fingerprint density at radius 2 is 1.55 bits per heavy atom. The zero-order valence-electron chi connectivity index (χ0n) is 6.94. The molecule has 0 aromatic heterocycles. The molecule has 1 aromatic carbocycles. The van der Waals surface area contributed by atoms with Crippen molar-refractivity contribution in [1.29, 1.82) is 0 Å². The van der Waals surface area contributed by atoms with Crippen molar-refractivity contribution in [3.8, 4) is 5.75 Å². The summed E-state index contributed by atoms with van der Waals surface area (Å²) >= 11 is 5.81. The first-order valence-corrected chi connectivity index (χ1v) is 3.43. The number of halogens is 1. The molecule has 1 nitrogen and oxygen atoms in total. The second kappa shape index (κ2) is 4.36. The molecule has 0 heterocycles. The third-order valence-corrected chi connectivity index (χ3v) is 2.01. The van der Waals surface area contributed by atoms with Gasteiger partial charge in [-0.1, -0.05) is 23.7 Å². The Kier molecular flexibility index (Phi) is 4.49. The predicted octanol–water partition coefficient (Wildman–Crippen LogP) is -0.966. The summed E-state index contributed by atoms with van der Waals surface area (Å²) in [6.45, 7) is 3.66. The third kappa shape index (κ3) is 2.68. The summed E-state index contributed by atoms with van der Waals surface area (Å²) in [6, 6.07) is 3.07. The van der Waals surface area contributed by atoms with Crippen LogP contribution in [-0.2, 0) is 0 Å². The maximum atomic E-state index is 10.8. The van der Waals surface area contributed by atoms with Crippen LogP contribution in [0.4, 0.5) is 0 Å². The summed E-state index contributed by atoms with van der Waals surface area (Å²) < 4.78 is 0. The van der Waals surface area contributed by atoms with Crippen molar-refractivity contribution in [2.24, 2.45) is 0 Å². The first kappa shape index (κ1) is 11.3. The van der Waals surface area contributed by atoms with Crippen LogP contribution in [0.5, 0.6) is 5.75 Å². The summed E-state index contributed by atoms with van der Waals surface area (Å²) in [5.41, 5.74) is 1.71. The maximum Gasteiger partial charge on any atom is 1.00 e. The monoisotopic (exact) mass is 178 g/mol. The van der Waals surface area contributed by atoms with Gasteiger partial charge in [-0.25, -0.2) is 0 Å². The van der Waals surface area contributed by atoms with E-state index in [0.29, 0.717) is 5.02 Å². The van der Waals surface area contributed by atoms with E-state index < -0.39 is 0 Å². The van der Waals surface area contributed by atoms with Gasteiger partial charge in [0, 0.05) is 5.02 Å². The van der Waals surface area contributed by atoms with Crippen LogP contribution < -0.4 is 34.7 Å². The van der Waals surface area contributed by atoms with E-state index in [2.05, 4.69) is 0 Å². The normalized spacial score (nSPS) is 9.00. The van der Waals surface area contributed by atoms with Gasteiger partial charge in [0.25, 0.3) is 0 Å². The van der Waals surface area contributed by atoms with Crippen LogP contribution in [0.2, 0.25) is 5.02 Å². The van der Waals surface area contributed by atoms with E-state index in [0.717, 1.165) is 11.1 Å². The fourth-order valence-corrected chi connectivity index (χ4v) is 1.02. The molecule has 0 saturated heterocycles. The molecule has 0 amide bonds. The van der Waals surface area contributed by atoms with Gasteiger partial charge in [0.2, 0.25) is 0 Å². The van der Waals surface area contributed by atoms with Crippen molar-refractivity contribution >= 4 is 11.6 Å². The number of rotatable bonds is 0. The predicted molar refractivity (Wildman–Crippen MR) is 40.4 cm³/mol. The number of hydrogen-bond donors (Lipinski definition) is 0. The smallest absolute Gasteiger partial charge is 0.872 e. The van der Waals surface area contributed by atoms with E-state index in [4.69, 9.17) is 11.6 Å². The Bertz CT molecular complexity index is 237. The van der Waals surface area contributed by atoms with Gasteiger partial charge >= 0.3 is 29.6 Å². The summed E-state index contributed by atoms with van der Waals surface area (Å²) in [7, 11) is 0. The van der Waals surface area contributed by atoms with Crippen LogP contribution in [-0.4, -0.2) is 0 Å². The molecule has 0 aliphatic heterocycles. The Labute approximate surface area is 93.7 Å². The van der Waals surface area contributed by atoms with E-state index >= 15 is 0 Å². The van der Waals surface area contributed by atoms with E-state index in [9.17, 15) is 5.11 Å². The largest absolute Gasteiger partial charge is 1.00 e. The maximum absolute atomic E-state index is 10.8. The summed E-state index contributed by atoms with van der Waals surface area (Å²) in [6.07, 6.45) is 0. The van der Waals surface area contributed by atoms with Crippen molar-refractivity contribution in [2.45, 2.75) is 13.8 Å². The van der Waals surface area contributed by atoms with E-state index in [1.807, 2.05) is 13.8 Å². The summed E-state index contributed by atoms with van der Waals surface area (Å²) in [5, 5.41) is 11.5. The van der Waals surface area contributed by atoms with Gasteiger partial charge in [0.05, 0.1) is 0 Å². The van der Waals surface area contributed by atoms with E-state index in [1.54, 1.807) is 0 Å². The Balaban J connectivity index is 0.000001000. The topological polar surface area (TPSA) is 23.1 Å². The van der Waals surface area contributed by atoms with Crippen molar-refractivity contribution in [2.75, 3.05) is 0 Å². The van der Waals surface area contributed by atoms with E-state index in [-0.39, 0.29) is 35.3 Å². The van der Waals surface area contributed by atoms with Crippen molar-refractivity contribution in [3.05, 3.63) is 28.3 Å². The molecule has 1 rings (SSSR count). The first-order valence-electron chi connectivity index (χ1n) is 3.05. The molecule has 0 N–H and O–H groups in total. The molecule has 11 heavy (non-hydrogen) atoms. The molecule has 54 valence electrons. The summed E-state index contributed by atoms with van der Waals surface area (Å²) in [4.78, 5) is 0. The number of aryl methyl sites for hydroxylation is 2. The van der Waals surface area contributed by atoms with Crippen molar-refractivity contribution in [3.63, 3.8) is 0 Å². The van der Waals surface area contributed by atoms with Crippen LogP contribution in [0.1, 0.15) is 11.1 Å². The van der Waals surface area contributed by atoms with Gasteiger partial charge in [-0.15, -0.1) is 5.75 Å². The van der Waals surface area contributed by atoms with Crippen molar-refractivity contribution < 1.29 is 34.7 Å². The molecule has 0 saturated carbocycles. The third-order valence-electron chi connectivity index (χ3n) is 1.41. The Morgan fingerprint density at radius 1 is 1.18 bits per heavy atom. The first-order chi connectivity index (χ1) is 4.61. The average molecular weight is 179 g/mol. The Morgan fingerprint density at radius 3 is 1.91 bits per heavy atom. The van der Waals surface area contributed by atoms with Gasteiger partial charge in [-0.3, -0.25) is 0 Å². The minimum atomic E-state index is 0. The van der Waals surface area contributed by atoms with Crippen molar-refractivity contribution in [1.82, 2.24) is 0 Å². The zero-order valence-corrected chi connectivity index (χ0v) is 9.70. The molecule has 3 heteroatoms. The van der Waals surface area contributed by atoms with Gasteiger partial charge in [0.1, 0.15) is 0 Å². The zero-order chi connectivity index (χ0) is 7.72. The van der Waals surface area contributed by atoms with Crippen LogP contribution in [0, 0.1) is 13.8 Å². The van der Waals surface area contributed by atoms with Crippen LogP contribution >= 0.6 is 11.6 Å². The number of hydrogen-bond acceptors (Lipinski definition) is 1. The minimum absolute atomic E-state index is 0. The molecular formula is C8H8ClNaO. The molecule has 0 unspecified atom stereocenters. The van der Waals surface area contributed by atoms with Gasteiger partial charge in [-0.05, 0) is 25.0 Å². The molecule has 0 radical (unpaired) electrons. The molecule has 0 spiro atoms. The quantitative estimate of drug-likeness (QED) is 0.469. The molecule has 0 aliphatic carbocycles. The SMILES string of the molecule is Cc1cc([O-])cc(C)c1Cl.[Na+]. The van der Waals surface area contributed by atoms with Gasteiger partial charge in [-0.2, -0.15) is 0 Å². The Hall–Kier alpha value is 0.310. The van der Waals surface area contributed by atoms with Crippen LogP contribution in [0.25, 0.3) is 0 Å². The minimum Gasteiger partial charge on any atom is -0.872 e. The van der Waals surface area contributed by atoms with Crippen LogP contribution in [0.15, 0.2) is 12.1 Å². The number of benzene rings is 1. The molecule has 1 aromatic rings. The van der Waals surface area contributed by atoms with Gasteiger partial charge in [0.15, 0.2) is 0 Å². The van der Waals surface area contributed by atoms with Gasteiger partial charge < -0.3 is 5.11 Å². The fraction of sp³-hybridized carbons (Fsp3) is 0.250. The second-order valence-electron chi connectivity index (χ2n) is 2.37. The molecule has 0 fully saturated rings. The molecule has 0 bridgehead atoms. The molecule has 0 atom stereocenters. The second-order valence-corrected chi connectivity index (χ2v) is 2.75. The standard InChI is InChI=1S/C8H9ClO.Na/c1-5-3-7(10)4-6(2)8(5)9;/h3-4,10H,1-2H3;/q;+1/p-1. The average Bonchev–Trinajstić information content (AvgIpc) is 1.82. The fourth-order valence-electron chi connectivity index (χ4n) is 0.906. The van der Waals surface area contributed by atoms with Crippen LogP contribution in [0.3, 0.4) is 0 Å². The van der Waals surface area contributed by atoms with E-state index in [1.165, 1.54) is 12.1 Å². The molecular weight excluding hydrogens is 171 g/mol. The summed E-state index contributed by atoms with van der Waals surface area (Å²) in [5.74, 6) is 0.0272.